The van der Waals surface area contributed by atoms with E-state index in [2.05, 4.69) is 40.7 Å². The molecule has 1 unspecified atom stereocenters. The van der Waals surface area contributed by atoms with Crippen LogP contribution in [-0.4, -0.2) is 23.9 Å². The molecule has 0 bridgehead atoms. The van der Waals surface area contributed by atoms with E-state index in [-0.39, 0.29) is 11.9 Å². The van der Waals surface area contributed by atoms with E-state index < -0.39 is 0 Å². The Morgan fingerprint density at radius 1 is 0.900 bits per heavy atom. The van der Waals surface area contributed by atoms with Crippen molar-refractivity contribution in [2.24, 2.45) is 0 Å². The van der Waals surface area contributed by atoms with Gasteiger partial charge in [0.15, 0.2) is 0 Å². The quantitative estimate of drug-likeness (QED) is 0.535. The summed E-state index contributed by atoms with van der Waals surface area (Å²) >= 11 is 0. The van der Waals surface area contributed by atoms with E-state index in [1.807, 2.05) is 60.7 Å². The van der Waals surface area contributed by atoms with Gasteiger partial charge in [-0.05, 0) is 80.4 Å². The lowest BCUT2D eigenvalue weighted by atomic mass is 10.1. The minimum atomic E-state index is -0.0726. The number of carbonyl (C=O) groups is 1. The van der Waals surface area contributed by atoms with Crippen molar-refractivity contribution in [3.05, 3.63) is 95.6 Å². The number of likely N-dealkylation sites (tertiary alicyclic amines) is 1. The van der Waals surface area contributed by atoms with Crippen LogP contribution in [0.3, 0.4) is 0 Å². The Morgan fingerprint density at radius 2 is 1.60 bits per heavy atom. The van der Waals surface area contributed by atoms with Crippen LogP contribution in [0.5, 0.6) is 0 Å². The summed E-state index contributed by atoms with van der Waals surface area (Å²) < 4.78 is 0. The van der Waals surface area contributed by atoms with Crippen molar-refractivity contribution in [1.29, 1.82) is 0 Å². The summed E-state index contributed by atoms with van der Waals surface area (Å²) in [5, 5.41) is 6.51. The molecule has 0 spiro atoms. The van der Waals surface area contributed by atoms with Gasteiger partial charge in [0.25, 0.3) is 5.91 Å². The summed E-state index contributed by atoms with van der Waals surface area (Å²) in [6.07, 6.45) is 2.55. The Kier molecular flexibility index (Phi) is 6.45. The van der Waals surface area contributed by atoms with Crippen LogP contribution >= 0.6 is 0 Å². The molecule has 0 aromatic heterocycles. The molecule has 1 aliphatic rings. The standard InChI is InChI=1S/C26H29N3O/c1-20(22-9-3-2-4-10-22)27-24-12-14-25(15-13-24)28-26(30)23-11-7-8-21(18-23)19-29-16-5-6-17-29/h2-4,7-15,18,20,27H,5-6,16-17,19H2,1H3,(H,28,30). The second-order valence-corrected chi connectivity index (χ2v) is 7.99. The van der Waals surface area contributed by atoms with Crippen LogP contribution in [0.25, 0.3) is 0 Å². The molecule has 0 saturated carbocycles. The molecule has 1 heterocycles. The molecule has 0 aliphatic carbocycles. The lowest BCUT2D eigenvalue weighted by molar-refractivity contribution is 0.102. The molecule has 1 saturated heterocycles. The van der Waals surface area contributed by atoms with Crippen LogP contribution < -0.4 is 10.6 Å². The zero-order valence-electron chi connectivity index (χ0n) is 17.5. The lowest BCUT2D eigenvalue weighted by Gasteiger charge is -2.16. The highest BCUT2D eigenvalue weighted by Crippen LogP contribution is 2.21. The number of amides is 1. The molecule has 1 atom stereocenters. The Bertz CT molecular complexity index is 963. The summed E-state index contributed by atoms with van der Waals surface area (Å²) in [6, 6.07) is 26.4. The third-order valence-electron chi connectivity index (χ3n) is 5.62. The van der Waals surface area contributed by atoms with Crippen LogP contribution in [-0.2, 0) is 6.54 Å². The van der Waals surface area contributed by atoms with E-state index in [0.717, 1.165) is 31.0 Å². The Labute approximate surface area is 178 Å². The highest BCUT2D eigenvalue weighted by molar-refractivity contribution is 6.04. The van der Waals surface area contributed by atoms with Crippen molar-refractivity contribution >= 4 is 17.3 Å². The summed E-state index contributed by atoms with van der Waals surface area (Å²) in [4.78, 5) is 15.2. The predicted molar refractivity (Wildman–Crippen MR) is 124 cm³/mol. The summed E-state index contributed by atoms with van der Waals surface area (Å²) in [5.41, 5.74) is 4.95. The molecule has 2 N–H and O–H groups in total. The monoisotopic (exact) mass is 399 g/mol. The molecule has 154 valence electrons. The van der Waals surface area contributed by atoms with Crippen molar-refractivity contribution in [3.8, 4) is 0 Å². The second-order valence-electron chi connectivity index (χ2n) is 7.99. The second kappa shape index (κ2) is 9.59. The molecule has 1 aliphatic heterocycles. The van der Waals surface area contributed by atoms with E-state index in [4.69, 9.17) is 0 Å². The number of rotatable bonds is 7. The molecule has 3 aromatic carbocycles. The van der Waals surface area contributed by atoms with Gasteiger partial charge >= 0.3 is 0 Å². The molecular formula is C26H29N3O. The predicted octanol–water partition coefficient (Wildman–Crippen LogP) is 5.71. The number of carbonyl (C=O) groups excluding carboxylic acids is 1. The molecule has 30 heavy (non-hydrogen) atoms. The van der Waals surface area contributed by atoms with Gasteiger partial charge in [-0.1, -0.05) is 42.5 Å². The Balaban J connectivity index is 1.35. The Morgan fingerprint density at radius 3 is 2.33 bits per heavy atom. The Hall–Kier alpha value is -3.11. The van der Waals surface area contributed by atoms with Gasteiger partial charge < -0.3 is 10.6 Å². The SMILES string of the molecule is CC(Nc1ccc(NC(=O)c2cccc(CN3CCCC3)c2)cc1)c1ccccc1. The number of hydrogen-bond acceptors (Lipinski definition) is 3. The van der Waals surface area contributed by atoms with Gasteiger partial charge in [0, 0.05) is 29.5 Å². The fourth-order valence-corrected chi connectivity index (χ4v) is 3.94. The largest absolute Gasteiger partial charge is 0.379 e. The summed E-state index contributed by atoms with van der Waals surface area (Å²) in [7, 11) is 0. The van der Waals surface area contributed by atoms with Gasteiger partial charge in [0.1, 0.15) is 0 Å². The van der Waals surface area contributed by atoms with E-state index in [1.54, 1.807) is 0 Å². The number of anilines is 2. The minimum Gasteiger partial charge on any atom is -0.379 e. The molecule has 4 nitrogen and oxygen atoms in total. The van der Waals surface area contributed by atoms with Crippen molar-refractivity contribution in [2.45, 2.75) is 32.4 Å². The van der Waals surface area contributed by atoms with Crippen LogP contribution in [0.1, 0.15) is 47.3 Å². The van der Waals surface area contributed by atoms with Gasteiger partial charge in [0.05, 0.1) is 0 Å². The average Bonchev–Trinajstić information content (AvgIpc) is 3.29. The van der Waals surface area contributed by atoms with Gasteiger partial charge in [-0.3, -0.25) is 9.69 Å². The van der Waals surface area contributed by atoms with Crippen molar-refractivity contribution in [1.82, 2.24) is 4.90 Å². The highest BCUT2D eigenvalue weighted by atomic mass is 16.1. The topological polar surface area (TPSA) is 44.4 Å². The van der Waals surface area contributed by atoms with E-state index in [1.165, 1.54) is 24.0 Å². The van der Waals surface area contributed by atoms with Crippen LogP contribution in [0, 0.1) is 0 Å². The number of nitrogens with zero attached hydrogens (tertiary/aromatic N) is 1. The third kappa shape index (κ3) is 5.28. The average molecular weight is 400 g/mol. The third-order valence-corrected chi connectivity index (χ3v) is 5.62. The molecule has 4 rings (SSSR count). The molecule has 1 fully saturated rings. The van der Waals surface area contributed by atoms with Crippen LogP contribution in [0.4, 0.5) is 11.4 Å². The first-order chi connectivity index (χ1) is 14.7. The molecule has 1 amide bonds. The maximum atomic E-state index is 12.7. The van der Waals surface area contributed by atoms with E-state index in [9.17, 15) is 4.79 Å². The fourth-order valence-electron chi connectivity index (χ4n) is 3.94. The van der Waals surface area contributed by atoms with E-state index >= 15 is 0 Å². The van der Waals surface area contributed by atoms with Gasteiger partial charge in [-0.25, -0.2) is 0 Å². The lowest BCUT2D eigenvalue weighted by Crippen LogP contribution is -2.19. The van der Waals surface area contributed by atoms with Gasteiger partial charge in [-0.15, -0.1) is 0 Å². The molecule has 3 aromatic rings. The molecular weight excluding hydrogens is 370 g/mol. The molecule has 0 radical (unpaired) electrons. The zero-order valence-corrected chi connectivity index (χ0v) is 17.5. The maximum absolute atomic E-state index is 12.7. The highest BCUT2D eigenvalue weighted by Gasteiger charge is 2.13. The van der Waals surface area contributed by atoms with Crippen LogP contribution in [0.15, 0.2) is 78.9 Å². The van der Waals surface area contributed by atoms with Gasteiger partial charge in [0.2, 0.25) is 0 Å². The summed E-state index contributed by atoms with van der Waals surface area (Å²) in [6.45, 7) is 5.36. The molecule has 4 heteroatoms. The number of hydrogen-bond donors (Lipinski definition) is 2. The maximum Gasteiger partial charge on any atom is 0.255 e. The minimum absolute atomic E-state index is 0.0726. The summed E-state index contributed by atoms with van der Waals surface area (Å²) in [5.74, 6) is -0.0726. The van der Waals surface area contributed by atoms with Gasteiger partial charge in [-0.2, -0.15) is 0 Å². The first kappa shape index (κ1) is 20.2. The van der Waals surface area contributed by atoms with Crippen LogP contribution in [0.2, 0.25) is 0 Å². The van der Waals surface area contributed by atoms with Crippen molar-refractivity contribution < 1.29 is 4.79 Å². The first-order valence-corrected chi connectivity index (χ1v) is 10.7. The van der Waals surface area contributed by atoms with E-state index in [0.29, 0.717) is 5.56 Å². The smallest absolute Gasteiger partial charge is 0.255 e. The zero-order chi connectivity index (χ0) is 20.8. The number of benzene rings is 3. The first-order valence-electron chi connectivity index (χ1n) is 10.7. The van der Waals surface area contributed by atoms with Crippen molar-refractivity contribution in [3.63, 3.8) is 0 Å². The fraction of sp³-hybridized carbons (Fsp3) is 0.269. The van der Waals surface area contributed by atoms with Crippen molar-refractivity contribution in [2.75, 3.05) is 23.7 Å². The normalized spacial score (nSPS) is 15.0. The number of nitrogens with one attached hydrogen (secondary N) is 2.